The van der Waals surface area contributed by atoms with Gasteiger partial charge in [-0.1, -0.05) is 22.7 Å². The van der Waals surface area contributed by atoms with Gasteiger partial charge in [0, 0.05) is 28.9 Å². The van der Waals surface area contributed by atoms with E-state index in [1.165, 1.54) is 19.1 Å². The number of hydrogen-bond donors (Lipinski definition) is 2. The molecule has 0 spiro atoms. The zero-order valence-corrected chi connectivity index (χ0v) is 14.3. The van der Waals surface area contributed by atoms with Crippen LogP contribution in [0, 0.1) is 6.92 Å². The molecule has 2 aromatic rings. The van der Waals surface area contributed by atoms with Crippen LogP contribution in [-0.4, -0.2) is 27.8 Å². The van der Waals surface area contributed by atoms with E-state index in [2.05, 4.69) is 4.98 Å². The predicted octanol–water partition coefficient (Wildman–Crippen LogP) is 3.31. The lowest BCUT2D eigenvalue weighted by atomic mass is 9.98. The minimum Gasteiger partial charge on any atom is -0.481 e. The Bertz CT molecular complexity index is 958. The molecule has 6 nitrogen and oxygen atoms in total. The molecule has 1 aliphatic rings. The number of H-pyrrole nitrogens is 1. The molecule has 7 heteroatoms. The highest BCUT2D eigenvalue weighted by Gasteiger charge is 2.33. The molecule has 2 N–H and O–H groups in total. The van der Waals surface area contributed by atoms with Gasteiger partial charge in [0.05, 0.1) is 11.3 Å². The van der Waals surface area contributed by atoms with Gasteiger partial charge >= 0.3 is 5.97 Å². The van der Waals surface area contributed by atoms with Gasteiger partial charge in [0.2, 0.25) is 0 Å². The van der Waals surface area contributed by atoms with Gasteiger partial charge in [-0.3, -0.25) is 14.4 Å². The van der Waals surface area contributed by atoms with Crippen molar-refractivity contribution in [1.82, 2.24) is 4.98 Å². The van der Waals surface area contributed by atoms with Crippen LogP contribution in [0.25, 0.3) is 11.6 Å². The number of para-hydroxylation sites is 1. The Balaban J connectivity index is 2.14. The van der Waals surface area contributed by atoms with Crippen molar-refractivity contribution < 1.29 is 24.0 Å². The summed E-state index contributed by atoms with van der Waals surface area (Å²) in [7, 11) is 0. The largest absolute Gasteiger partial charge is 0.481 e. The number of halogens is 1. The number of amides is 1. The molecular formula is C19H17FN2O4. The Morgan fingerprint density at radius 2 is 2.00 bits per heavy atom. The maximum atomic E-state index is 14.1. The van der Waals surface area contributed by atoms with Crippen LogP contribution in [0.2, 0.25) is 0 Å². The first-order chi connectivity index (χ1) is 12.3. The number of Topliss-reactive ketones (excluding diaryl/α,β-unsaturated/α-hetero) is 1. The highest BCUT2D eigenvalue weighted by Crippen LogP contribution is 2.38. The monoisotopic (exact) mass is 356 g/mol. The summed E-state index contributed by atoms with van der Waals surface area (Å²) in [5, 5.41) is 9.06. The van der Waals surface area contributed by atoms with Crippen LogP contribution < -0.4 is 5.12 Å². The second kappa shape index (κ2) is 6.59. The lowest BCUT2D eigenvalue weighted by molar-refractivity contribution is -0.137. The fourth-order valence-corrected chi connectivity index (χ4v) is 3.28. The molecule has 0 bridgehead atoms. The van der Waals surface area contributed by atoms with Crippen molar-refractivity contribution in [3.63, 3.8) is 0 Å². The van der Waals surface area contributed by atoms with Crippen LogP contribution in [0.3, 0.4) is 0 Å². The summed E-state index contributed by atoms with van der Waals surface area (Å²) in [6.07, 6.45) is 1.45. The summed E-state index contributed by atoms with van der Waals surface area (Å²) in [6, 6.07) is 6.47. The second-order valence-corrected chi connectivity index (χ2v) is 6.13. The summed E-state index contributed by atoms with van der Waals surface area (Å²) in [6.45, 7) is 3.10. The molecule has 0 atom stereocenters. The number of aryl methyl sites for hydroxylation is 1. The van der Waals surface area contributed by atoms with Crippen molar-refractivity contribution in [2.24, 2.45) is 0 Å². The molecule has 2 heterocycles. The first-order valence-electron chi connectivity index (χ1n) is 8.06. The molecule has 0 unspecified atom stereocenters. The summed E-state index contributed by atoms with van der Waals surface area (Å²) in [5.74, 6) is -1.99. The lowest BCUT2D eigenvalue weighted by Gasteiger charge is -2.03. The van der Waals surface area contributed by atoms with Gasteiger partial charge in [0.1, 0.15) is 0 Å². The number of anilines is 1. The number of carbonyl (C=O) groups excluding carboxylic acids is 2. The molecular weight excluding hydrogens is 339 g/mol. The summed E-state index contributed by atoms with van der Waals surface area (Å²) in [5.41, 5.74) is 2.71. The van der Waals surface area contributed by atoms with Gasteiger partial charge in [-0.15, -0.1) is 5.12 Å². The van der Waals surface area contributed by atoms with Crippen molar-refractivity contribution >= 4 is 35.0 Å². The third-order valence-electron chi connectivity index (χ3n) is 4.37. The van der Waals surface area contributed by atoms with Crippen molar-refractivity contribution in [2.45, 2.75) is 26.7 Å². The number of fused-ring (bicyclic) bond motifs is 1. The van der Waals surface area contributed by atoms with Gasteiger partial charge in [0.15, 0.2) is 5.78 Å². The van der Waals surface area contributed by atoms with Gasteiger partial charge in [0.25, 0.3) is 5.91 Å². The highest BCUT2D eigenvalue weighted by atomic mass is 19.2. The Kier molecular flexibility index (Phi) is 4.46. The smallest absolute Gasteiger partial charge is 0.303 e. The van der Waals surface area contributed by atoms with Gasteiger partial charge in [-0.2, -0.15) is 0 Å². The predicted molar refractivity (Wildman–Crippen MR) is 94.4 cm³/mol. The van der Waals surface area contributed by atoms with Crippen molar-refractivity contribution in [2.75, 3.05) is 5.12 Å². The maximum Gasteiger partial charge on any atom is 0.303 e. The number of aromatic amines is 1. The minimum atomic E-state index is -0.992. The molecule has 0 saturated heterocycles. The Morgan fingerprint density at radius 1 is 1.31 bits per heavy atom. The van der Waals surface area contributed by atoms with E-state index in [4.69, 9.17) is 5.11 Å². The number of carbonyl (C=O) groups is 3. The number of hydrogen-bond acceptors (Lipinski definition) is 3. The average molecular weight is 356 g/mol. The zero-order valence-electron chi connectivity index (χ0n) is 14.3. The fraction of sp³-hybridized carbons (Fsp3) is 0.211. The SMILES string of the molecule is CC(=O)c1c(C)[nH]c(/C=C2\C(=O)N(F)c3ccccc32)c1CCC(=O)O. The standard InChI is InChI=1S/C19H17FN2O4/c1-10-18(11(2)23)13(7-8-17(24)25)15(21-10)9-14-12-5-3-4-6-16(12)22(20)19(14)26/h3-6,9,21H,7-8H2,1-2H3,(H,24,25)/b14-9-. The molecule has 134 valence electrons. The van der Waals surface area contributed by atoms with Gasteiger partial charge in [-0.25, -0.2) is 0 Å². The third-order valence-corrected chi connectivity index (χ3v) is 4.37. The molecule has 0 aliphatic carbocycles. The molecule has 1 amide bonds. The topological polar surface area (TPSA) is 90.5 Å². The number of nitrogens with zero attached hydrogens (tertiary/aromatic N) is 1. The maximum absolute atomic E-state index is 14.1. The Labute approximate surface area is 148 Å². The highest BCUT2D eigenvalue weighted by molar-refractivity contribution is 6.35. The number of ketones is 1. The summed E-state index contributed by atoms with van der Waals surface area (Å²) in [4.78, 5) is 38.2. The Morgan fingerprint density at radius 3 is 2.65 bits per heavy atom. The van der Waals surface area contributed by atoms with E-state index in [1.807, 2.05) is 0 Å². The van der Waals surface area contributed by atoms with Crippen LogP contribution in [0.4, 0.5) is 10.2 Å². The normalized spacial score (nSPS) is 14.8. The number of nitrogens with one attached hydrogen (secondary N) is 1. The van der Waals surface area contributed by atoms with Gasteiger partial charge < -0.3 is 10.1 Å². The number of carboxylic acids is 1. The molecule has 26 heavy (non-hydrogen) atoms. The quantitative estimate of drug-likeness (QED) is 0.488. The molecule has 0 fully saturated rings. The van der Waals surface area contributed by atoms with Gasteiger partial charge in [-0.05, 0) is 38.0 Å². The first-order valence-corrected chi connectivity index (χ1v) is 8.06. The van der Waals surface area contributed by atoms with Crippen LogP contribution in [-0.2, 0) is 16.0 Å². The number of carboxylic acid groups (broad SMARTS) is 1. The van der Waals surface area contributed by atoms with E-state index in [9.17, 15) is 18.9 Å². The van der Waals surface area contributed by atoms with Crippen LogP contribution >= 0.6 is 0 Å². The first kappa shape index (κ1) is 17.6. The third kappa shape index (κ3) is 2.92. The molecule has 3 rings (SSSR count). The van der Waals surface area contributed by atoms with Crippen LogP contribution in [0.15, 0.2) is 24.3 Å². The van der Waals surface area contributed by atoms with Crippen molar-refractivity contribution in [1.29, 1.82) is 0 Å². The van der Waals surface area contributed by atoms with E-state index in [0.717, 1.165) is 0 Å². The number of rotatable bonds is 5. The summed E-state index contributed by atoms with van der Waals surface area (Å²) < 4.78 is 14.1. The number of aliphatic carboxylic acids is 1. The number of benzene rings is 1. The Hall–Kier alpha value is -3.22. The van der Waals surface area contributed by atoms with Crippen molar-refractivity contribution in [3.8, 4) is 0 Å². The van der Waals surface area contributed by atoms with E-state index >= 15 is 0 Å². The van der Waals surface area contributed by atoms with E-state index in [-0.39, 0.29) is 35.0 Å². The molecule has 1 aliphatic heterocycles. The van der Waals surface area contributed by atoms with E-state index in [1.54, 1.807) is 25.1 Å². The lowest BCUT2D eigenvalue weighted by Crippen LogP contribution is -2.15. The average Bonchev–Trinajstić information content (AvgIpc) is 3.03. The molecule has 1 aromatic heterocycles. The van der Waals surface area contributed by atoms with Crippen LogP contribution in [0.5, 0.6) is 0 Å². The molecule has 0 radical (unpaired) electrons. The summed E-state index contributed by atoms with van der Waals surface area (Å²) >= 11 is 0. The molecule has 1 aromatic carbocycles. The zero-order chi connectivity index (χ0) is 19.0. The minimum absolute atomic E-state index is 0.0831. The number of aromatic nitrogens is 1. The second-order valence-electron chi connectivity index (χ2n) is 6.13. The van der Waals surface area contributed by atoms with Crippen LogP contribution in [0.1, 0.15) is 46.2 Å². The van der Waals surface area contributed by atoms with E-state index in [0.29, 0.717) is 28.1 Å². The van der Waals surface area contributed by atoms with Crippen molar-refractivity contribution in [3.05, 3.63) is 52.3 Å². The molecule has 0 saturated carbocycles. The van der Waals surface area contributed by atoms with E-state index < -0.39 is 11.9 Å². The fourth-order valence-electron chi connectivity index (χ4n) is 3.28.